The van der Waals surface area contributed by atoms with Crippen molar-refractivity contribution in [3.8, 4) is 0 Å². The Morgan fingerprint density at radius 1 is 1.15 bits per heavy atom. The van der Waals surface area contributed by atoms with E-state index in [0.717, 1.165) is 18.8 Å². The largest absolute Gasteiger partial charge is 0.479 e. The second-order valence-electron chi connectivity index (χ2n) is 5.92. The highest BCUT2D eigenvalue weighted by Gasteiger charge is 2.34. The molecule has 0 bridgehead atoms. The number of carbonyl (C=O) groups is 2. The van der Waals surface area contributed by atoms with Crippen LogP contribution in [0, 0.1) is 5.92 Å². The van der Waals surface area contributed by atoms with Gasteiger partial charge in [-0.3, -0.25) is 4.79 Å². The molecule has 5 heteroatoms. The first kappa shape index (κ1) is 17.0. The lowest BCUT2D eigenvalue weighted by Gasteiger charge is -2.11. The van der Waals surface area contributed by atoms with E-state index in [0.29, 0.717) is 19.4 Å². The minimum atomic E-state index is -0.981. The third-order valence-corrected chi connectivity index (χ3v) is 3.59. The summed E-state index contributed by atoms with van der Waals surface area (Å²) < 4.78 is 5.19. The van der Waals surface area contributed by atoms with Crippen LogP contribution in [0.3, 0.4) is 0 Å². The first-order valence-electron chi connectivity index (χ1n) is 7.66. The van der Waals surface area contributed by atoms with Gasteiger partial charge in [-0.05, 0) is 25.2 Å². The normalized spacial score (nSPS) is 22.1. The lowest BCUT2D eigenvalue weighted by Crippen LogP contribution is -2.36. The van der Waals surface area contributed by atoms with Crippen LogP contribution in [-0.2, 0) is 14.3 Å². The maximum atomic E-state index is 11.8. The van der Waals surface area contributed by atoms with E-state index in [1.807, 2.05) is 0 Å². The van der Waals surface area contributed by atoms with Crippen LogP contribution in [0.2, 0.25) is 0 Å². The highest BCUT2D eigenvalue weighted by atomic mass is 16.5. The molecule has 2 unspecified atom stereocenters. The summed E-state index contributed by atoms with van der Waals surface area (Å²) in [6, 6.07) is 0. The summed E-state index contributed by atoms with van der Waals surface area (Å²) in [5.74, 6) is -0.391. The van der Waals surface area contributed by atoms with Crippen molar-refractivity contribution >= 4 is 11.9 Å². The number of carbonyl (C=O) groups excluding carboxylic acids is 1. The van der Waals surface area contributed by atoms with Crippen molar-refractivity contribution in [1.29, 1.82) is 0 Å². The van der Waals surface area contributed by atoms with Gasteiger partial charge in [0, 0.05) is 6.54 Å². The third-order valence-electron chi connectivity index (χ3n) is 3.59. The minimum absolute atomic E-state index is 0.170. The quantitative estimate of drug-likeness (QED) is 0.638. The molecule has 0 aromatic rings. The van der Waals surface area contributed by atoms with Gasteiger partial charge in [-0.1, -0.05) is 39.5 Å². The summed E-state index contributed by atoms with van der Waals surface area (Å²) in [6.07, 6.45) is 5.32. The molecular formula is C15H27NO4. The predicted molar refractivity (Wildman–Crippen MR) is 76.5 cm³/mol. The van der Waals surface area contributed by atoms with E-state index in [4.69, 9.17) is 9.84 Å². The van der Waals surface area contributed by atoms with Gasteiger partial charge in [0.2, 0.25) is 5.91 Å². The van der Waals surface area contributed by atoms with Gasteiger partial charge in [0.05, 0.1) is 0 Å². The molecule has 1 fully saturated rings. The molecule has 1 aliphatic heterocycles. The fraction of sp³-hybridized carbons (Fsp3) is 0.867. The van der Waals surface area contributed by atoms with Gasteiger partial charge in [0.25, 0.3) is 0 Å². The highest BCUT2D eigenvalue weighted by Crippen LogP contribution is 2.19. The molecule has 20 heavy (non-hydrogen) atoms. The van der Waals surface area contributed by atoms with Gasteiger partial charge in [-0.2, -0.15) is 0 Å². The minimum Gasteiger partial charge on any atom is -0.479 e. The number of unbranched alkanes of at least 4 members (excludes halogenated alkanes) is 3. The van der Waals surface area contributed by atoms with E-state index in [1.54, 1.807) is 0 Å². The van der Waals surface area contributed by atoms with Gasteiger partial charge in [-0.15, -0.1) is 0 Å². The molecule has 0 spiro atoms. The molecule has 1 saturated heterocycles. The summed E-state index contributed by atoms with van der Waals surface area (Å²) in [5.41, 5.74) is 0. The Morgan fingerprint density at radius 2 is 1.80 bits per heavy atom. The molecule has 1 aliphatic rings. The van der Waals surface area contributed by atoms with Crippen LogP contribution in [0.25, 0.3) is 0 Å². The molecule has 2 N–H and O–H groups in total. The summed E-state index contributed by atoms with van der Waals surface area (Å²) in [6.45, 7) is 5.11. The summed E-state index contributed by atoms with van der Waals surface area (Å²) in [7, 11) is 0. The van der Waals surface area contributed by atoms with Gasteiger partial charge < -0.3 is 15.2 Å². The van der Waals surface area contributed by atoms with Crippen molar-refractivity contribution in [1.82, 2.24) is 5.32 Å². The fourth-order valence-corrected chi connectivity index (χ4v) is 2.37. The first-order valence-corrected chi connectivity index (χ1v) is 7.66. The molecule has 0 aliphatic carbocycles. The number of carboxylic acids is 1. The van der Waals surface area contributed by atoms with Crippen LogP contribution in [0.1, 0.15) is 58.8 Å². The van der Waals surface area contributed by atoms with Gasteiger partial charge in [0.15, 0.2) is 6.10 Å². The molecule has 1 heterocycles. The molecule has 0 radical (unpaired) electrons. The zero-order chi connectivity index (χ0) is 15.0. The molecule has 116 valence electrons. The molecule has 1 rings (SSSR count). The highest BCUT2D eigenvalue weighted by molar-refractivity contribution is 5.82. The topological polar surface area (TPSA) is 75.6 Å². The summed E-state index contributed by atoms with van der Waals surface area (Å²) in [5, 5.41) is 11.6. The Labute approximate surface area is 121 Å². The number of ether oxygens (including phenoxy) is 1. The lowest BCUT2D eigenvalue weighted by atomic mass is 10.0. The van der Waals surface area contributed by atoms with Crippen molar-refractivity contribution in [2.75, 3.05) is 6.54 Å². The van der Waals surface area contributed by atoms with Gasteiger partial charge >= 0.3 is 5.97 Å². The van der Waals surface area contributed by atoms with Crippen LogP contribution >= 0.6 is 0 Å². The summed E-state index contributed by atoms with van der Waals surface area (Å²) in [4.78, 5) is 22.5. The molecule has 5 nitrogen and oxygen atoms in total. The van der Waals surface area contributed by atoms with E-state index in [9.17, 15) is 9.59 Å². The average Bonchev–Trinajstić information content (AvgIpc) is 2.86. The standard InChI is InChI=1S/C15H27NO4/c1-11(2)7-5-3-4-6-10-16-14(17)12-8-9-13(20-12)15(18)19/h11-13H,3-10H2,1-2H3,(H,16,17)(H,18,19). The zero-order valence-corrected chi connectivity index (χ0v) is 12.6. The SMILES string of the molecule is CC(C)CCCCCCNC(=O)C1CCC(C(=O)O)O1. The molecular weight excluding hydrogens is 258 g/mol. The van der Waals surface area contributed by atoms with E-state index in [2.05, 4.69) is 19.2 Å². The number of carboxylic acid groups (broad SMARTS) is 1. The Morgan fingerprint density at radius 3 is 2.40 bits per heavy atom. The Hall–Kier alpha value is -1.10. The van der Waals surface area contributed by atoms with E-state index in [1.165, 1.54) is 19.3 Å². The van der Waals surface area contributed by atoms with Gasteiger partial charge in [-0.25, -0.2) is 4.79 Å². The van der Waals surface area contributed by atoms with Crippen molar-refractivity contribution in [2.24, 2.45) is 5.92 Å². The summed E-state index contributed by atoms with van der Waals surface area (Å²) >= 11 is 0. The fourth-order valence-electron chi connectivity index (χ4n) is 2.37. The maximum Gasteiger partial charge on any atom is 0.332 e. The average molecular weight is 285 g/mol. The van der Waals surface area contributed by atoms with Crippen LogP contribution in [-0.4, -0.2) is 35.7 Å². The number of amides is 1. The number of aliphatic carboxylic acids is 1. The van der Waals surface area contributed by atoms with E-state index < -0.39 is 18.2 Å². The zero-order valence-electron chi connectivity index (χ0n) is 12.6. The number of hydrogen-bond donors (Lipinski definition) is 2. The molecule has 0 aromatic heterocycles. The molecule has 1 amide bonds. The number of hydrogen-bond acceptors (Lipinski definition) is 3. The van der Waals surface area contributed by atoms with Crippen LogP contribution in [0.15, 0.2) is 0 Å². The Balaban J connectivity index is 2.02. The maximum absolute atomic E-state index is 11.8. The predicted octanol–water partition coefficient (Wildman–Crippen LogP) is 2.34. The van der Waals surface area contributed by atoms with E-state index in [-0.39, 0.29) is 5.91 Å². The molecule has 0 saturated carbocycles. The number of nitrogens with one attached hydrogen (secondary N) is 1. The van der Waals surface area contributed by atoms with Crippen molar-refractivity contribution in [3.05, 3.63) is 0 Å². The first-order chi connectivity index (χ1) is 9.50. The van der Waals surface area contributed by atoms with Gasteiger partial charge in [0.1, 0.15) is 6.10 Å². The smallest absolute Gasteiger partial charge is 0.332 e. The third kappa shape index (κ3) is 6.37. The Bertz CT molecular complexity index is 317. The van der Waals surface area contributed by atoms with Crippen molar-refractivity contribution in [3.63, 3.8) is 0 Å². The second-order valence-corrected chi connectivity index (χ2v) is 5.92. The Kier molecular flexibility index (Phi) is 7.59. The van der Waals surface area contributed by atoms with Crippen molar-refractivity contribution < 1.29 is 19.4 Å². The number of rotatable bonds is 9. The van der Waals surface area contributed by atoms with Crippen molar-refractivity contribution in [2.45, 2.75) is 71.0 Å². The molecule has 2 atom stereocenters. The lowest BCUT2D eigenvalue weighted by molar-refractivity contribution is -0.151. The van der Waals surface area contributed by atoms with Crippen LogP contribution in [0.5, 0.6) is 0 Å². The molecule has 0 aromatic carbocycles. The van der Waals surface area contributed by atoms with Crippen LogP contribution < -0.4 is 5.32 Å². The monoisotopic (exact) mass is 285 g/mol. The van der Waals surface area contributed by atoms with E-state index >= 15 is 0 Å². The van der Waals surface area contributed by atoms with Crippen LogP contribution in [0.4, 0.5) is 0 Å². The second kappa shape index (κ2) is 8.95.